The van der Waals surface area contributed by atoms with Gasteiger partial charge in [-0.1, -0.05) is 19.9 Å². The largest absolute Gasteiger partial charge is 0.107 e. The minimum atomic E-state index is 0.225. The molecule has 1 atom stereocenters. The van der Waals surface area contributed by atoms with E-state index in [-0.39, 0.29) is 5.41 Å². The highest BCUT2D eigenvalue weighted by Gasteiger charge is 2.14. The average Bonchev–Trinajstić information content (AvgIpc) is 2.00. The summed E-state index contributed by atoms with van der Waals surface area (Å²) in [6.45, 7) is 10.0. The van der Waals surface area contributed by atoms with Gasteiger partial charge in [0.05, 0.1) is 0 Å². The Morgan fingerprint density at radius 1 is 1.60 bits per heavy atom. The molecule has 10 heavy (non-hydrogen) atoms. The first-order valence-corrected chi connectivity index (χ1v) is 3.71. The fourth-order valence-corrected chi connectivity index (χ4v) is 0.632. The highest BCUT2D eigenvalue weighted by Crippen LogP contribution is 2.25. The van der Waals surface area contributed by atoms with Gasteiger partial charge in [0.2, 0.25) is 0 Å². The fourth-order valence-electron chi connectivity index (χ4n) is 0.632. The van der Waals surface area contributed by atoms with Crippen molar-refractivity contribution < 1.29 is 0 Å². The van der Waals surface area contributed by atoms with Crippen molar-refractivity contribution >= 4 is 0 Å². The molecule has 0 heteroatoms. The van der Waals surface area contributed by atoms with Crippen molar-refractivity contribution in [3.05, 3.63) is 12.7 Å². The molecule has 1 unspecified atom stereocenters. The molecule has 0 bridgehead atoms. The minimum Gasteiger partial charge on any atom is -0.107 e. The van der Waals surface area contributed by atoms with Crippen molar-refractivity contribution in [1.82, 2.24) is 0 Å². The molecule has 0 aliphatic rings. The van der Waals surface area contributed by atoms with Crippen LogP contribution in [-0.4, -0.2) is 0 Å². The number of allylic oxidation sites excluding steroid dienone is 1. The third kappa shape index (κ3) is 2.73. The smallest absolute Gasteiger partial charge is 0.0177 e. The van der Waals surface area contributed by atoms with E-state index < -0.39 is 0 Å². The van der Waals surface area contributed by atoms with E-state index in [0.717, 1.165) is 12.8 Å². The summed E-state index contributed by atoms with van der Waals surface area (Å²) >= 11 is 0. The van der Waals surface area contributed by atoms with Gasteiger partial charge in [0.1, 0.15) is 0 Å². The van der Waals surface area contributed by atoms with Crippen LogP contribution in [0.4, 0.5) is 0 Å². The summed E-state index contributed by atoms with van der Waals surface area (Å²) in [6.07, 6.45) is 4.05. The zero-order valence-corrected chi connectivity index (χ0v) is 7.20. The number of rotatable bonds is 3. The molecule has 0 spiro atoms. The van der Waals surface area contributed by atoms with E-state index in [1.165, 1.54) is 0 Å². The van der Waals surface area contributed by atoms with E-state index in [1.807, 2.05) is 13.0 Å². The molecular weight excluding hydrogens is 120 g/mol. The van der Waals surface area contributed by atoms with Crippen LogP contribution in [0.15, 0.2) is 12.7 Å². The molecule has 0 nitrogen and oxygen atoms in total. The van der Waals surface area contributed by atoms with E-state index in [2.05, 4.69) is 32.3 Å². The van der Waals surface area contributed by atoms with Crippen LogP contribution in [-0.2, 0) is 0 Å². The predicted octanol–water partition coefficient (Wildman–Crippen LogP) is 3.00. The monoisotopic (exact) mass is 136 g/mol. The van der Waals surface area contributed by atoms with Gasteiger partial charge in [-0.15, -0.1) is 18.4 Å². The SMILES string of the molecule is C=CC(C)(CC)CC#CC. The van der Waals surface area contributed by atoms with Crippen LogP contribution in [0.5, 0.6) is 0 Å². The van der Waals surface area contributed by atoms with Gasteiger partial charge >= 0.3 is 0 Å². The van der Waals surface area contributed by atoms with Gasteiger partial charge in [-0.2, -0.15) is 0 Å². The summed E-state index contributed by atoms with van der Waals surface area (Å²) < 4.78 is 0. The lowest BCUT2D eigenvalue weighted by atomic mass is 9.85. The quantitative estimate of drug-likeness (QED) is 0.413. The Morgan fingerprint density at radius 2 is 2.20 bits per heavy atom. The molecule has 0 N–H and O–H groups in total. The molecule has 0 saturated carbocycles. The first-order chi connectivity index (χ1) is 4.68. The van der Waals surface area contributed by atoms with E-state index >= 15 is 0 Å². The molecule has 0 aliphatic carbocycles. The van der Waals surface area contributed by atoms with Gasteiger partial charge in [-0.05, 0) is 18.8 Å². The first-order valence-electron chi connectivity index (χ1n) is 3.71. The van der Waals surface area contributed by atoms with Gasteiger partial charge in [0.25, 0.3) is 0 Å². The molecule has 0 aromatic heterocycles. The van der Waals surface area contributed by atoms with Gasteiger partial charge in [-0.25, -0.2) is 0 Å². The van der Waals surface area contributed by atoms with Gasteiger partial charge in [-0.3, -0.25) is 0 Å². The minimum absolute atomic E-state index is 0.225. The van der Waals surface area contributed by atoms with Gasteiger partial charge < -0.3 is 0 Å². The highest BCUT2D eigenvalue weighted by atomic mass is 14.2. The number of hydrogen-bond acceptors (Lipinski definition) is 0. The molecule has 0 heterocycles. The highest BCUT2D eigenvalue weighted by molar-refractivity contribution is 5.04. The zero-order valence-electron chi connectivity index (χ0n) is 7.20. The first kappa shape index (κ1) is 9.30. The van der Waals surface area contributed by atoms with Crippen LogP contribution < -0.4 is 0 Å². The Labute approximate surface area is 64.3 Å². The normalized spacial score (nSPS) is 14.7. The van der Waals surface area contributed by atoms with Crippen LogP contribution in [0.3, 0.4) is 0 Å². The molecule has 0 aromatic carbocycles. The standard InChI is InChI=1S/C10H16/c1-5-8-9-10(4,6-2)7-3/h6H,2,7,9H2,1,3-4H3. The Kier molecular flexibility index (Phi) is 3.88. The lowest BCUT2D eigenvalue weighted by Gasteiger charge is -2.19. The van der Waals surface area contributed by atoms with Crippen molar-refractivity contribution in [2.75, 3.05) is 0 Å². The lowest BCUT2D eigenvalue weighted by Crippen LogP contribution is -2.09. The Morgan fingerprint density at radius 3 is 2.50 bits per heavy atom. The van der Waals surface area contributed by atoms with Crippen LogP contribution in [0.2, 0.25) is 0 Å². The Bertz CT molecular complexity index is 157. The predicted molar refractivity (Wildman–Crippen MR) is 46.7 cm³/mol. The Balaban J connectivity index is 4.01. The Hall–Kier alpha value is -0.700. The summed E-state index contributed by atoms with van der Waals surface area (Å²) in [5.74, 6) is 5.96. The van der Waals surface area contributed by atoms with Crippen LogP contribution in [0.1, 0.15) is 33.6 Å². The molecule has 0 saturated heterocycles. The van der Waals surface area contributed by atoms with Crippen molar-refractivity contribution in [1.29, 1.82) is 0 Å². The van der Waals surface area contributed by atoms with E-state index in [9.17, 15) is 0 Å². The molecule has 0 fully saturated rings. The third-order valence-electron chi connectivity index (χ3n) is 1.97. The summed E-state index contributed by atoms with van der Waals surface area (Å²) in [5, 5.41) is 0. The van der Waals surface area contributed by atoms with Crippen LogP contribution >= 0.6 is 0 Å². The second-order valence-electron chi connectivity index (χ2n) is 2.82. The van der Waals surface area contributed by atoms with E-state index in [1.54, 1.807) is 0 Å². The van der Waals surface area contributed by atoms with E-state index in [0.29, 0.717) is 0 Å². The molecular formula is C10H16. The second-order valence-corrected chi connectivity index (χ2v) is 2.82. The van der Waals surface area contributed by atoms with Crippen LogP contribution in [0.25, 0.3) is 0 Å². The molecule has 0 rings (SSSR count). The molecule has 0 aromatic rings. The second kappa shape index (κ2) is 4.17. The molecule has 0 aliphatic heterocycles. The molecule has 0 radical (unpaired) electrons. The van der Waals surface area contributed by atoms with Crippen molar-refractivity contribution in [2.24, 2.45) is 5.41 Å². The van der Waals surface area contributed by atoms with E-state index in [4.69, 9.17) is 0 Å². The molecule has 56 valence electrons. The maximum Gasteiger partial charge on any atom is 0.0177 e. The summed E-state index contributed by atoms with van der Waals surface area (Å²) in [5.41, 5.74) is 0.225. The van der Waals surface area contributed by atoms with Gasteiger partial charge in [0, 0.05) is 6.42 Å². The maximum absolute atomic E-state index is 3.79. The molecule has 0 amide bonds. The van der Waals surface area contributed by atoms with Crippen molar-refractivity contribution in [3.8, 4) is 11.8 Å². The van der Waals surface area contributed by atoms with Crippen molar-refractivity contribution in [3.63, 3.8) is 0 Å². The number of hydrogen-bond donors (Lipinski definition) is 0. The topological polar surface area (TPSA) is 0 Å². The fraction of sp³-hybridized carbons (Fsp3) is 0.600. The maximum atomic E-state index is 3.79. The lowest BCUT2D eigenvalue weighted by molar-refractivity contribution is 0.425. The summed E-state index contributed by atoms with van der Waals surface area (Å²) in [6, 6.07) is 0. The average molecular weight is 136 g/mol. The van der Waals surface area contributed by atoms with Crippen molar-refractivity contribution in [2.45, 2.75) is 33.6 Å². The summed E-state index contributed by atoms with van der Waals surface area (Å²) in [4.78, 5) is 0. The summed E-state index contributed by atoms with van der Waals surface area (Å²) in [7, 11) is 0. The van der Waals surface area contributed by atoms with Crippen LogP contribution in [0, 0.1) is 17.3 Å². The zero-order chi connectivity index (χ0) is 8.04. The van der Waals surface area contributed by atoms with Gasteiger partial charge in [0.15, 0.2) is 0 Å². The third-order valence-corrected chi connectivity index (χ3v) is 1.97.